The molecule has 0 radical (unpaired) electrons. The predicted octanol–water partition coefficient (Wildman–Crippen LogP) is 2.36. The van der Waals surface area contributed by atoms with Gasteiger partial charge in [0.25, 0.3) is 0 Å². The molecule has 0 unspecified atom stereocenters. The van der Waals surface area contributed by atoms with Crippen molar-refractivity contribution < 1.29 is 9.53 Å². The second-order valence-electron chi connectivity index (χ2n) is 5.17. The molecule has 1 aromatic heterocycles. The minimum Gasteiger partial charge on any atom is -0.496 e. The number of aromatic nitrogens is 2. The van der Waals surface area contributed by atoms with Crippen LogP contribution in [0.4, 0.5) is 5.69 Å². The molecule has 7 heteroatoms. The molecule has 0 aliphatic rings. The van der Waals surface area contributed by atoms with Gasteiger partial charge in [-0.2, -0.15) is 5.10 Å². The zero-order valence-corrected chi connectivity index (χ0v) is 14.6. The van der Waals surface area contributed by atoms with Gasteiger partial charge in [-0.15, -0.1) is 0 Å². The van der Waals surface area contributed by atoms with E-state index in [4.69, 9.17) is 4.74 Å². The van der Waals surface area contributed by atoms with Crippen molar-refractivity contribution in [1.82, 2.24) is 14.7 Å². The third-order valence-electron chi connectivity index (χ3n) is 3.09. The summed E-state index contributed by atoms with van der Waals surface area (Å²) in [5.41, 5.74) is 2.47. The number of halogens is 1. The molecular weight excluding hydrogens is 348 g/mol. The molecule has 6 nitrogen and oxygen atoms in total. The molecular formula is C15H19BrN4O2. The molecule has 0 aliphatic heterocycles. The van der Waals surface area contributed by atoms with E-state index in [0.29, 0.717) is 6.54 Å². The Bertz CT molecular complexity index is 663. The number of nitrogens with zero attached hydrogens (tertiary/aromatic N) is 3. The number of anilines is 1. The number of likely N-dealkylation sites (N-methyl/N-ethyl adjacent to an activating group) is 1. The summed E-state index contributed by atoms with van der Waals surface area (Å²) in [6.45, 7) is 0.330. The Morgan fingerprint density at radius 3 is 2.73 bits per heavy atom. The predicted molar refractivity (Wildman–Crippen MR) is 90.1 cm³/mol. The van der Waals surface area contributed by atoms with Gasteiger partial charge >= 0.3 is 0 Å². The summed E-state index contributed by atoms with van der Waals surface area (Å²) in [5, 5.41) is 7.10. The van der Waals surface area contributed by atoms with Crippen molar-refractivity contribution in [2.45, 2.75) is 0 Å². The molecule has 2 aromatic rings. The molecule has 1 N–H and O–H groups in total. The minimum atomic E-state index is -0.0646. The second-order valence-corrected chi connectivity index (χ2v) is 6.02. The van der Waals surface area contributed by atoms with Crippen LogP contribution in [0.1, 0.15) is 0 Å². The molecule has 1 heterocycles. The summed E-state index contributed by atoms with van der Waals surface area (Å²) in [6, 6.07) is 5.54. The summed E-state index contributed by atoms with van der Waals surface area (Å²) >= 11 is 3.49. The zero-order chi connectivity index (χ0) is 16.3. The van der Waals surface area contributed by atoms with Crippen molar-refractivity contribution >= 4 is 27.5 Å². The SMILES string of the molecule is COc1ccc(NC(=O)CN(C)C)cc1-c1c(Br)cnn1C. The average Bonchev–Trinajstić information content (AvgIpc) is 2.77. The average molecular weight is 367 g/mol. The Morgan fingerprint density at radius 1 is 1.45 bits per heavy atom. The highest BCUT2D eigenvalue weighted by Gasteiger charge is 2.15. The van der Waals surface area contributed by atoms with E-state index in [0.717, 1.165) is 27.2 Å². The fraction of sp³-hybridized carbons (Fsp3) is 0.333. The van der Waals surface area contributed by atoms with Crippen molar-refractivity contribution in [1.29, 1.82) is 0 Å². The van der Waals surface area contributed by atoms with Crippen molar-refractivity contribution in [2.24, 2.45) is 7.05 Å². The summed E-state index contributed by atoms with van der Waals surface area (Å²) in [4.78, 5) is 13.7. The number of hydrogen-bond donors (Lipinski definition) is 1. The molecule has 0 bridgehead atoms. The number of benzene rings is 1. The lowest BCUT2D eigenvalue weighted by molar-refractivity contribution is -0.116. The Labute approximate surface area is 138 Å². The van der Waals surface area contributed by atoms with Crippen LogP contribution in [0.5, 0.6) is 5.75 Å². The van der Waals surface area contributed by atoms with Gasteiger partial charge in [-0.25, -0.2) is 0 Å². The molecule has 0 saturated carbocycles. The molecule has 118 valence electrons. The summed E-state index contributed by atoms with van der Waals surface area (Å²) in [6.07, 6.45) is 1.73. The van der Waals surface area contributed by atoms with Crippen molar-refractivity contribution in [3.63, 3.8) is 0 Å². The quantitative estimate of drug-likeness (QED) is 0.882. The van der Waals surface area contributed by atoms with E-state index in [1.807, 2.05) is 44.2 Å². The van der Waals surface area contributed by atoms with E-state index >= 15 is 0 Å². The summed E-state index contributed by atoms with van der Waals surface area (Å²) in [5.74, 6) is 0.653. The number of methoxy groups -OCH3 is 1. The third-order valence-corrected chi connectivity index (χ3v) is 3.67. The fourth-order valence-corrected chi connectivity index (χ4v) is 2.73. The zero-order valence-electron chi connectivity index (χ0n) is 13.1. The van der Waals surface area contributed by atoms with Gasteiger partial charge in [0.1, 0.15) is 5.75 Å². The van der Waals surface area contributed by atoms with E-state index < -0.39 is 0 Å². The largest absolute Gasteiger partial charge is 0.496 e. The normalized spacial score (nSPS) is 10.8. The maximum Gasteiger partial charge on any atom is 0.238 e. The van der Waals surface area contributed by atoms with Crippen LogP contribution in [0, 0.1) is 0 Å². The summed E-state index contributed by atoms with van der Waals surface area (Å²) in [7, 11) is 7.18. The minimum absolute atomic E-state index is 0.0646. The lowest BCUT2D eigenvalue weighted by Gasteiger charge is -2.14. The van der Waals surface area contributed by atoms with E-state index in [-0.39, 0.29) is 5.91 Å². The van der Waals surface area contributed by atoms with Gasteiger partial charge in [-0.05, 0) is 48.2 Å². The first-order valence-corrected chi connectivity index (χ1v) is 7.52. The topological polar surface area (TPSA) is 59.4 Å². The second kappa shape index (κ2) is 6.93. The lowest BCUT2D eigenvalue weighted by Crippen LogP contribution is -2.27. The van der Waals surface area contributed by atoms with Gasteiger partial charge in [-0.1, -0.05) is 0 Å². The molecule has 0 saturated heterocycles. The number of amides is 1. The van der Waals surface area contributed by atoms with Gasteiger partial charge in [0.15, 0.2) is 0 Å². The van der Waals surface area contributed by atoms with Crippen LogP contribution in [0.25, 0.3) is 11.3 Å². The van der Waals surface area contributed by atoms with Gasteiger partial charge in [0.2, 0.25) is 5.91 Å². The van der Waals surface area contributed by atoms with Crippen LogP contribution in [-0.4, -0.2) is 48.3 Å². The van der Waals surface area contributed by atoms with Gasteiger partial charge in [-0.3, -0.25) is 9.48 Å². The number of carbonyl (C=O) groups excluding carboxylic acids is 1. The fourth-order valence-electron chi connectivity index (χ4n) is 2.17. The molecule has 0 spiro atoms. The number of carbonyl (C=O) groups is 1. The van der Waals surface area contributed by atoms with Gasteiger partial charge in [0.05, 0.1) is 30.0 Å². The van der Waals surface area contributed by atoms with Gasteiger partial charge in [0, 0.05) is 18.3 Å². The standard InChI is InChI=1S/C15H19BrN4O2/c1-19(2)9-14(21)18-10-5-6-13(22-4)11(7-10)15-12(16)8-17-20(15)3/h5-8H,9H2,1-4H3,(H,18,21). The van der Waals surface area contributed by atoms with E-state index in [1.54, 1.807) is 18.0 Å². The maximum absolute atomic E-state index is 11.9. The van der Waals surface area contributed by atoms with E-state index in [2.05, 4.69) is 26.3 Å². The highest BCUT2D eigenvalue weighted by atomic mass is 79.9. The number of hydrogen-bond acceptors (Lipinski definition) is 4. The third kappa shape index (κ3) is 3.66. The monoisotopic (exact) mass is 366 g/mol. The van der Waals surface area contributed by atoms with Crippen LogP contribution in [-0.2, 0) is 11.8 Å². The van der Waals surface area contributed by atoms with Crippen molar-refractivity contribution in [2.75, 3.05) is 33.1 Å². The van der Waals surface area contributed by atoms with E-state index in [1.165, 1.54) is 0 Å². The van der Waals surface area contributed by atoms with Crippen molar-refractivity contribution in [3.8, 4) is 17.0 Å². The first-order chi connectivity index (χ1) is 10.4. The Morgan fingerprint density at radius 2 is 2.18 bits per heavy atom. The number of nitrogens with one attached hydrogen (secondary N) is 1. The highest BCUT2D eigenvalue weighted by Crippen LogP contribution is 2.36. The van der Waals surface area contributed by atoms with Crippen LogP contribution in [0.3, 0.4) is 0 Å². The summed E-state index contributed by atoms with van der Waals surface area (Å²) < 4.78 is 8.04. The van der Waals surface area contributed by atoms with Gasteiger partial charge < -0.3 is 15.0 Å². The van der Waals surface area contributed by atoms with E-state index in [9.17, 15) is 4.79 Å². The van der Waals surface area contributed by atoms with Crippen LogP contribution in [0.2, 0.25) is 0 Å². The molecule has 0 aliphatic carbocycles. The molecule has 0 atom stereocenters. The molecule has 22 heavy (non-hydrogen) atoms. The number of aryl methyl sites for hydroxylation is 1. The first kappa shape index (κ1) is 16.5. The Hall–Kier alpha value is -1.86. The highest BCUT2D eigenvalue weighted by molar-refractivity contribution is 9.10. The molecule has 2 rings (SSSR count). The molecule has 1 amide bonds. The van der Waals surface area contributed by atoms with Crippen molar-refractivity contribution in [3.05, 3.63) is 28.9 Å². The molecule has 1 aromatic carbocycles. The Balaban J connectivity index is 2.37. The smallest absolute Gasteiger partial charge is 0.238 e. The number of rotatable bonds is 5. The lowest BCUT2D eigenvalue weighted by atomic mass is 10.1. The molecule has 0 fully saturated rings. The van der Waals surface area contributed by atoms with Crippen LogP contribution < -0.4 is 10.1 Å². The van der Waals surface area contributed by atoms with Crippen LogP contribution >= 0.6 is 15.9 Å². The number of ether oxygens (including phenoxy) is 1. The van der Waals surface area contributed by atoms with Crippen LogP contribution in [0.15, 0.2) is 28.9 Å². The Kier molecular flexibility index (Phi) is 5.20. The first-order valence-electron chi connectivity index (χ1n) is 6.73. The maximum atomic E-state index is 11.9.